The van der Waals surface area contributed by atoms with E-state index in [2.05, 4.69) is 18.2 Å². The van der Waals surface area contributed by atoms with Crippen molar-refractivity contribution in [3.05, 3.63) is 35.9 Å². The molecule has 3 heterocycles. The Kier molecular flexibility index (Phi) is 3.16. The van der Waals surface area contributed by atoms with Crippen molar-refractivity contribution >= 4 is 5.90 Å². The summed E-state index contributed by atoms with van der Waals surface area (Å²) >= 11 is 0. The maximum Gasteiger partial charge on any atom is 0.218 e. The number of nitriles is 3. The molecular formula is C19H16N4O2. The number of hydrogen-bond donors (Lipinski definition) is 1. The molecule has 4 fully saturated rings. The molecule has 5 rings (SSSR count). The predicted octanol–water partition coefficient (Wildman–Crippen LogP) is 3.20. The zero-order chi connectivity index (χ0) is 17.7. The molecular weight excluding hydrogens is 316 g/mol. The number of hydrogen-bond acceptors (Lipinski definition) is 6. The summed E-state index contributed by atoms with van der Waals surface area (Å²) in [7, 11) is 0. The van der Waals surface area contributed by atoms with Gasteiger partial charge in [0.25, 0.3) is 0 Å². The lowest BCUT2D eigenvalue weighted by Crippen LogP contribution is -2.73. The van der Waals surface area contributed by atoms with Crippen LogP contribution in [0.2, 0.25) is 0 Å². The molecule has 1 spiro atoms. The molecule has 0 unspecified atom stereocenters. The average Bonchev–Trinajstić information content (AvgIpc) is 2.66. The van der Waals surface area contributed by atoms with Gasteiger partial charge < -0.3 is 9.47 Å². The molecule has 3 aliphatic heterocycles. The first-order chi connectivity index (χ1) is 12.1. The van der Waals surface area contributed by atoms with Gasteiger partial charge in [-0.2, -0.15) is 15.8 Å². The van der Waals surface area contributed by atoms with Gasteiger partial charge in [0.05, 0.1) is 24.1 Å². The Bertz CT molecular complexity index is 848. The number of nitrogens with one attached hydrogen (secondary N) is 1. The van der Waals surface area contributed by atoms with Crippen molar-refractivity contribution in [1.29, 1.82) is 21.2 Å². The lowest BCUT2D eigenvalue weighted by molar-refractivity contribution is -0.360. The first kappa shape index (κ1) is 15.6. The van der Waals surface area contributed by atoms with E-state index in [-0.39, 0.29) is 5.90 Å². The van der Waals surface area contributed by atoms with E-state index in [1.807, 2.05) is 18.2 Å². The summed E-state index contributed by atoms with van der Waals surface area (Å²) in [4.78, 5) is 0. The Labute approximate surface area is 145 Å². The third-order valence-electron chi connectivity index (χ3n) is 5.92. The van der Waals surface area contributed by atoms with Crippen LogP contribution in [0.3, 0.4) is 0 Å². The number of ether oxygens (including phenoxy) is 2. The van der Waals surface area contributed by atoms with Crippen LogP contribution in [0.15, 0.2) is 30.3 Å². The van der Waals surface area contributed by atoms with Crippen LogP contribution in [0, 0.1) is 56.2 Å². The molecule has 0 aromatic heterocycles. The second-order valence-corrected chi connectivity index (χ2v) is 6.90. The van der Waals surface area contributed by atoms with E-state index in [0.29, 0.717) is 18.4 Å². The van der Waals surface area contributed by atoms with Crippen LogP contribution in [0.5, 0.6) is 0 Å². The molecule has 4 atom stereocenters. The number of nitrogens with zero attached hydrogens (tertiary/aromatic N) is 3. The number of benzene rings is 1. The van der Waals surface area contributed by atoms with Crippen molar-refractivity contribution < 1.29 is 9.47 Å². The van der Waals surface area contributed by atoms with Crippen LogP contribution in [0.1, 0.15) is 37.4 Å². The zero-order valence-electron chi connectivity index (χ0n) is 13.5. The van der Waals surface area contributed by atoms with Gasteiger partial charge in [0.1, 0.15) is 6.10 Å². The minimum absolute atomic E-state index is 0.323. The third kappa shape index (κ3) is 1.62. The highest BCUT2D eigenvalue weighted by atomic mass is 16.7. The molecule has 0 amide bonds. The van der Waals surface area contributed by atoms with Gasteiger partial charge in [-0.3, -0.25) is 5.41 Å². The van der Waals surface area contributed by atoms with Crippen molar-refractivity contribution in [2.75, 3.05) is 0 Å². The van der Waals surface area contributed by atoms with E-state index in [9.17, 15) is 15.8 Å². The quantitative estimate of drug-likeness (QED) is 0.848. The first-order valence-electron chi connectivity index (χ1n) is 8.35. The van der Waals surface area contributed by atoms with Crippen LogP contribution in [-0.2, 0) is 9.47 Å². The molecule has 1 aliphatic carbocycles. The smallest absolute Gasteiger partial charge is 0.218 e. The van der Waals surface area contributed by atoms with E-state index >= 15 is 0 Å². The van der Waals surface area contributed by atoms with Crippen molar-refractivity contribution in [1.82, 2.24) is 0 Å². The number of rotatable bonds is 1. The number of fused-ring (bicyclic) bond motifs is 2. The average molecular weight is 332 g/mol. The van der Waals surface area contributed by atoms with Gasteiger partial charge in [-0.15, -0.1) is 0 Å². The summed E-state index contributed by atoms with van der Waals surface area (Å²) < 4.78 is 12.1. The van der Waals surface area contributed by atoms with E-state index in [1.54, 1.807) is 12.1 Å². The first-order valence-corrected chi connectivity index (χ1v) is 8.35. The second kappa shape index (κ2) is 5.06. The Morgan fingerprint density at radius 2 is 1.76 bits per heavy atom. The molecule has 6 heteroatoms. The molecule has 1 aromatic carbocycles. The molecule has 0 radical (unpaired) electrons. The SMILES string of the molecule is N#CC1(C#N)[C@H]2CCCC[C@@]23OC(=N)[C@@]1(C#N)[C@H](c1ccccc1)O3. The second-order valence-electron chi connectivity index (χ2n) is 6.90. The largest absolute Gasteiger partial charge is 0.447 e. The van der Waals surface area contributed by atoms with Gasteiger partial charge in [-0.05, 0) is 18.4 Å². The van der Waals surface area contributed by atoms with Crippen molar-refractivity contribution in [2.24, 2.45) is 16.7 Å². The van der Waals surface area contributed by atoms with Gasteiger partial charge in [0.15, 0.2) is 10.8 Å². The standard InChI is InChI=1S/C19H16N4O2/c20-10-17(11-21)14-8-4-5-9-19(14)24-15(13-6-2-1-3-7-13)18(17,12-22)16(23)25-19/h1-3,6-7,14-15,23H,4-5,8-9H2/t14-,15+,18-,19-/m1/s1. The molecule has 124 valence electrons. The molecule has 6 nitrogen and oxygen atoms in total. The Morgan fingerprint density at radius 3 is 2.40 bits per heavy atom. The molecule has 2 bridgehead atoms. The van der Waals surface area contributed by atoms with E-state index in [0.717, 1.165) is 12.8 Å². The minimum Gasteiger partial charge on any atom is -0.447 e. The lowest BCUT2D eigenvalue weighted by atomic mass is 9.48. The van der Waals surface area contributed by atoms with Crippen molar-refractivity contribution in [3.8, 4) is 18.2 Å². The van der Waals surface area contributed by atoms with E-state index in [4.69, 9.17) is 14.9 Å². The van der Waals surface area contributed by atoms with Gasteiger partial charge in [-0.1, -0.05) is 36.8 Å². The molecule has 25 heavy (non-hydrogen) atoms. The van der Waals surface area contributed by atoms with E-state index < -0.39 is 28.6 Å². The van der Waals surface area contributed by atoms with Gasteiger partial charge >= 0.3 is 0 Å². The highest BCUT2D eigenvalue weighted by Crippen LogP contribution is 2.69. The summed E-state index contributed by atoms with van der Waals surface area (Å²) in [6, 6.07) is 15.4. The fourth-order valence-electron chi connectivity index (χ4n) is 4.77. The fourth-order valence-corrected chi connectivity index (χ4v) is 4.77. The predicted molar refractivity (Wildman–Crippen MR) is 85.5 cm³/mol. The molecule has 1 N–H and O–H groups in total. The molecule has 1 saturated carbocycles. The molecule has 3 saturated heterocycles. The van der Waals surface area contributed by atoms with Crippen molar-refractivity contribution in [2.45, 2.75) is 37.6 Å². The van der Waals surface area contributed by atoms with Gasteiger partial charge in [0, 0.05) is 6.42 Å². The Balaban J connectivity index is 2.02. The fraction of sp³-hybridized carbons (Fsp3) is 0.474. The normalized spacial score (nSPS) is 37.7. The maximum atomic E-state index is 10.1. The van der Waals surface area contributed by atoms with Crippen LogP contribution in [0.4, 0.5) is 0 Å². The highest BCUT2D eigenvalue weighted by molar-refractivity contribution is 5.89. The Morgan fingerprint density at radius 1 is 1.04 bits per heavy atom. The monoisotopic (exact) mass is 332 g/mol. The lowest BCUT2D eigenvalue weighted by Gasteiger charge is -2.63. The van der Waals surface area contributed by atoms with Crippen molar-refractivity contribution in [3.63, 3.8) is 0 Å². The van der Waals surface area contributed by atoms with Crippen LogP contribution in [0.25, 0.3) is 0 Å². The summed E-state index contributed by atoms with van der Waals surface area (Å²) in [5.41, 5.74) is -2.77. The Hall–Kier alpha value is -2.88. The maximum absolute atomic E-state index is 10.1. The van der Waals surface area contributed by atoms with E-state index in [1.165, 1.54) is 0 Å². The summed E-state index contributed by atoms with van der Waals surface area (Å²) in [5.74, 6) is -2.05. The minimum atomic E-state index is -1.78. The zero-order valence-corrected chi connectivity index (χ0v) is 13.5. The van der Waals surface area contributed by atoms with Crippen LogP contribution in [-0.4, -0.2) is 11.7 Å². The summed E-state index contributed by atoms with van der Waals surface area (Å²) in [6.45, 7) is 0. The van der Waals surface area contributed by atoms with Crippen LogP contribution >= 0.6 is 0 Å². The summed E-state index contributed by atoms with van der Waals surface area (Å²) in [6.07, 6.45) is 1.87. The third-order valence-corrected chi connectivity index (χ3v) is 5.92. The molecule has 4 aliphatic rings. The van der Waals surface area contributed by atoms with Crippen LogP contribution < -0.4 is 0 Å². The summed E-state index contributed by atoms with van der Waals surface area (Å²) in [5, 5.41) is 38.7. The van der Waals surface area contributed by atoms with Gasteiger partial charge in [0.2, 0.25) is 11.7 Å². The topological polar surface area (TPSA) is 114 Å². The molecule has 1 aromatic rings. The van der Waals surface area contributed by atoms with Gasteiger partial charge in [-0.25, -0.2) is 0 Å². The highest BCUT2D eigenvalue weighted by Gasteiger charge is 2.80.